The van der Waals surface area contributed by atoms with Crippen LogP contribution >= 0.6 is 0 Å². The summed E-state index contributed by atoms with van der Waals surface area (Å²) in [5.74, 6) is -6.31. The monoisotopic (exact) mass is 1240 g/mol. The summed E-state index contributed by atoms with van der Waals surface area (Å²) >= 11 is 0. The zero-order valence-corrected chi connectivity index (χ0v) is 49.5. The van der Waals surface area contributed by atoms with Gasteiger partial charge in [0.05, 0.1) is 56.7 Å². The minimum absolute atomic E-state index is 0.0173. The fourth-order valence-corrected chi connectivity index (χ4v) is 8.49. The number of carbonyl (C=O) groups excluding carboxylic acids is 10. The van der Waals surface area contributed by atoms with Crippen molar-refractivity contribution in [3.05, 3.63) is 95.1 Å². The maximum Gasteiger partial charge on any atom is 0.312 e. The number of urea groups is 2. The summed E-state index contributed by atoms with van der Waals surface area (Å²) in [6, 6.07) is 10.1. The molecule has 12 amide bonds. The van der Waals surface area contributed by atoms with E-state index in [1.54, 1.807) is 0 Å². The lowest BCUT2D eigenvalue weighted by atomic mass is 10.1. The molecule has 0 unspecified atom stereocenters. The Morgan fingerprint density at radius 2 is 0.697 bits per heavy atom. The van der Waals surface area contributed by atoms with Gasteiger partial charge in [-0.05, 0) is 124 Å². The molecule has 25 N–H and O–H groups in total. The van der Waals surface area contributed by atoms with Crippen LogP contribution in [-0.4, -0.2) is 150 Å². The summed E-state index contributed by atoms with van der Waals surface area (Å²) in [4.78, 5) is 140. The van der Waals surface area contributed by atoms with Crippen molar-refractivity contribution in [1.29, 1.82) is 0 Å². The molecule has 0 aromatic heterocycles. The number of carbonyl (C=O) groups is 10. The van der Waals surface area contributed by atoms with Crippen LogP contribution in [0.2, 0.25) is 0 Å². The molecule has 0 saturated carbocycles. The highest BCUT2D eigenvalue weighted by molar-refractivity contribution is 6.08. The zero-order chi connectivity index (χ0) is 65.7. The average molecular weight is 1240 g/mol. The van der Waals surface area contributed by atoms with Crippen LogP contribution in [0.1, 0.15) is 92.8 Å². The minimum atomic E-state index is -1.34. The highest BCUT2D eigenvalue weighted by atomic mass is 16.5. The third-order valence-corrected chi connectivity index (χ3v) is 12.9. The van der Waals surface area contributed by atoms with Gasteiger partial charge in [-0.25, -0.2) is 9.59 Å². The second-order valence-electron chi connectivity index (χ2n) is 19.4. The number of nitrogens with two attached hydrogens (primary N) is 8. The number of benzene rings is 4. The summed E-state index contributed by atoms with van der Waals surface area (Å²) in [6.07, 6.45) is 0.948. The van der Waals surface area contributed by atoms with E-state index in [0.29, 0.717) is 6.42 Å². The Bertz CT molecular complexity index is 3260. The summed E-state index contributed by atoms with van der Waals surface area (Å²) in [5, 5.41) is 23.6. The molecule has 0 aliphatic heterocycles. The van der Waals surface area contributed by atoms with Crippen LogP contribution < -0.4 is 113 Å². The first-order chi connectivity index (χ1) is 42.4. The fourth-order valence-electron chi connectivity index (χ4n) is 8.49. The topological polar surface area (TPSA) is 549 Å². The van der Waals surface area contributed by atoms with Crippen molar-refractivity contribution in [1.82, 2.24) is 26.6 Å². The maximum absolute atomic E-state index is 14.4. The number of guanidine groups is 2. The van der Waals surface area contributed by atoms with Gasteiger partial charge < -0.3 is 113 Å². The molecule has 33 heteroatoms. The normalized spacial score (nSPS) is 11.9. The first kappa shape index (κ1) is 70.4. The largest absolute Gasteiger partial charge is 0.496 e. The lowest BCUT2D eigenvalue weighted by molar-refractivity contribution is -0.118. The molecular formula is C56H77N19O14. The third kappa shape index (κ3) is 23.0. The summed E-state index contributed by atoms with van der Waals surface area (Å²) in [7, 11) is 5.23. The molecule has 0 radical (unpaired) electrons. The van der Waals surface area contributed by atoms with Gasteiger partial charge in [-0.15, -0.1) is 0 Å². The van der Waals surface area contributed by atoms with Crippen molar-refractivity contribution in [3.8, 4) is 23.0 Å². The van der Waals surface area contributed by atoms with E-state index >= 15 is 0 Å². The molecule has 4 aromatic rings. The Hall–Kier alpha value is -11.1. The summed E-state index contributed by atoms with van der Waals surface area (Å²) in [6.45, 7) is 0.358. The van der Waals surface area contributed by atoms with Crippen LogP contribution in [0.3, 0.4) is 0 Å². The number of nitrogens with zero attached hydrogens (tertiary/aromatic N) is 2. The number of ether oxygens (including phenoxy) is 4. The number of hydrogen-bond acceptors (Lipinski definition) is 17. The van der Waals surface area contributed by atoms with Crippen molar-refractivity contribution in [2.24, 2.45) is 55.9 Å². The van der Waals surface area contributed by atoms with Crippen molar-refractivity contribution in [3.63, 3.8) is 0 Å². The Morgan fingerprint density at radius 3 is 1.00 bits per heavy atom. The third-order valence-electron chi connectivity index (χ3n) is 12.9. The van der Waals surface area contributed by atoms with Gasteiger partial charge in [0.15, 0.2) is 11.9 Å². The standard InChI is InChI=1S/C56H77N19O14/c1-86-41-17-13-29(25-33(41)45(58)76)70-50(81)40(12-8-24-68-56(64)85)75-48(79)36-28-32(16-20-44(36)89-4)72-52(83)39(11-7-22-66-54(61)62)74-47(78)35-27-31(15-19-43(35)88-3)71-51(82)38(10-6-21-65-53(59)60)73-46(77)34-26-30(14-18-42(34)87-2)69-49(80)37(57)9-5-23-67-55(63)84/h13-20,25-28,37-40H,5-12,21-24,57H2,1-4H3,(H2,58,76)(H,69,80)(H,70,81)(H,71,82)(H,72,83)(H,73,77)(H,74,78)(H,75,79)(H4,59,60,65)(H4,61,62,66)(H3,63,67,84)(H3,64,68,85)/t37-,38-,39-,40-/m1/s1. The Balaban J connectivity index is 1.60. The smallest absolute Gasteiger partial charge is 0.312 e. The van der Waals surface area contributed by atoms with E-state index in [0.717, 1.165) is 0 Å². The molecule has 0 spiro atoms. The SMILES string of the molecule is COc1ccc(NC(=O)[C@@H](CCCNC(N)=O)NC(=O)c2cc(NC(=O)[C@@H](CCCN=C(N)N)NC(=O)c3cc(NC(=O)[C@@H](CCCN=C(N)N)NC(=O)c4cc(NC(=O)[C@H](N)CCCNC(N)=O)ccc4OC)ccc3OC)ccc2OC)cc1C(N)=O. The summed E-state index contributed by atoms with van der Waals surface area (Å²) < 4.78 is 21.6. The molecule has 89 heavy (non-hydrogen) atoms. The van der Waals surface area contributed by atoms with E-state index in [-0.39, 0.29) is 151 Å². The second kappa shape index (κ2) is 35.4. The number of nitrogens with one attached hydrogen (secondary N) is 9. The molecule has 0 aliphatic carbocycles. The van der Waals surface area contributed by atoms with Crippen molar-refractivity contribution in [2.45, 2.75) is 75.5 Å². The Kier molecular flexibility index (Phi) is 28.0. The predicted molar refractivity (Wildman–Crippen MR) is 330 cm³/mol. The molecule has 0 bridgehead atoms. The molecular weight excluding hydrogens is 1160 g/mol. The van der Waals surface area contributed by atoms with Crippen LogP contribution in [0.15, 0.2) is 82.8 Å². The van der Waals surface area contributed by atoms with E-state index in [1.807, 2.05) is 0 Å². The molecule has 4 aromatic carbocycles. The second-order valence-corrected chi connectivity index (χ2v) is 19.4. The van der Waals surface area contributed by atoms with Crippen molar-refractivity contribution < 1.29 is 66.9 Å². The highest BCUT2D eigenvalue weighted by Gasteiger charge is 2.29. The lowest BCUT2D eigenvalue weighted by Gasteiger charge is -2.22. The van der Waals surface area contributed by atoms with Gasteiger partial charge in [0.2, 0.25) is 23.6 Å². The van der Waals surface area contributed by atoms with E-state index in [9.17, 15) is 47.9 Å². The highest BCUT2D eigenvalue weighted by Crippen LogP contribution is 2.28. The van der Waals surface area contributed by atoms with Crippen molar-refractivity contribution in [2.75, 3.05) is 75.9 Å². The molecule has 4 rings (SSSR count). The van der Waals surface area contributed by atoms with Crippen LogP contribution in [0.25, 0.3) is 0 Å². The number of primary amides is 3. The average Bonchev–Trinajstić information content (AvgIpc) is 2.33. The number of rotatable bonds is 35. The number of anilines is 4. The molecule has 0 heterocycles. The number of hydrogen-bond donors (Lipinski definition) is 17. The van der Waals surface area contributed by atoms with Crippen LogP contribution in [-0.2, 0) is 19.2 Å². The van der Waals surface area contributed by atoms with Gasteiger partial charge >= 0.3 is 12.1 Å². The van der Waals surface area contributed by atoms with Gasteiger partial charge in [0.25, 0.3) is 23.6 Å². The van der Waals surface area contributed by atoms with Gasteiger partial charge in [-0.3, -0.25) is 48.3 Å². The first-order valence-corrected chi connectivity index (χ1v) is 27.5. The van der Waals surface area contributed by atoms with Gasteiger partial charge in [0.1, 0.15) is 41.1 Å². The van der Waals surface area contributed by atoms with Gasteiger partial charge in [-0.1, -0.05) is 0 Å². The number of aliphatic imine (C=N–C) groups is 2. The van der Waals surface area contributed by atoms with E-state index in [1.165, 1.54) is 101 Å². The lowest BCUT2D eigenvalue weighted by Crippen LogP contribution is -2.45. The molecule has 0 aliphatic rings. The fraction of sp³-hybridized carbons (Fsp3) is 0.357. The Labute approximate surface area is 511 Å². The van der Waals surface area contributed by atoms with Gasteiger partial charge in [-0.2, -0.15) is 0 Å². The van der Waals surface area contributed by atoms with Crippen LogP contribution in [0, 0.1) is 0 Å². The molecule has 0 saturated heterocycles. The summed E-state index contributed by atoms with van der Waals surface area (Å²) in [5.41, 5.74) is 44.0. The molecule has 33 nitrogen and oxygen atoms in total. The molecule has 0 fully saturated rings. The van der Waals surface area contributed by atoms with Crippen LogP contribution in [0.4, 0.5) is 32.3 Å². The van der Waals surface area contributed by atoms with E-state index < -0.39 is 83.5 Å². The predicted octanol–water partition coefficient (Wildman–Crippen LogP) is -0.699. The zero-order valence-electron chi connectivity index (χ0n) is 49.5. The minimum Gasteiger partial charge on any atom is -0.496 e. The quantitative estimate of drug-likeness (QED) is 0.0154. The number of methoxy groups -OCH3 is 4. The van der Waals surface area contributed by atoms with Gasteiger partial charge in [0, 0.05) is 48.9 Å². The van der Waals surface area contributed by atoms with Crippen molar-refractivity contribution >= 4 is 94.0 Å². The first-order valence-electron chi connectivity index (χ1n) is 27.5. The molecule has 4 atom stereocenters. The molecule has 480 valence electrons. The van der Waals surface area contributed by atoms with E-state index in [4.69, 9.17) is 64.8 Å². The van der Waals surface area contributed by atoms with E-state index in [2.05, 4.69) is 57.8 Å². The maximum atomic E-state index is 14.4. The Morgan fingerprint density at radius 1 is 0.404 bits per heavy atom. The number of amides is 12. The van der Waals surface area contributed by atoms with Crippen LogP contribution in [0.5, 0.6) is 23.0 Å².